The number of aromatic nitrogens is 3. The Balaban J connectivity index is 1.42. The number of carbonyl (C=O) groups excluding carboxylic acids is 2. The van der Waals surface area contributed by atoms with E-state index in [1.54, 1.807) is 12.1 Å². The first-order valence-corrected chi connectivity index (χ1v) is 13.7. The lowest BCUT2D eigenvalue weighted by Crippen LogP contribution is -2.20. The molecule has 1 aliphatic rings. The van der Waals surface area contributed by atoms with Crippen molar-refractivity contribution in [1.29, 1.82) is 0 Å². The van der Waals surface area contributed by atoms with E-state index in [2.05, 4.69) is 29.0 Å². The van der Waals surface area contributed by atoms with Crippen molar-refractivity contribution in [3.63, 3.8) is 0 Å². The molecule has 190 valence electrons. The van der Waals surface area contributed by atoms with E-state index in [4.69, 9.17) is 22.1 Å². The van der Waals surface area contributed by atoms with E-state index < -0.39 is 5.91 Å². The van der Waals surface area contributed by atoms with Crippen molar-refractivity contribution < 1.29 is 14.3 Å². The van der Waals surface area contributed by atoms with Crippen LogP contribution in [0, 0.1) is 12.8 Å². The van der Waals surface area contributed by atoms with E-state index >= 15 is 0 Å². The third-order valence-electron chi connectivity index (χ3n) is 5.94. The first kappa shape index (κ1) is 26.2. The largest absolute Gasteiger partial charge is 0.485 e. The highest BCUT2D eigenvalue weighted by Crippen LogP contribution is 2.39. The van der Waals surface area contributed by atoms with E-state index in [9.17, 15) is 9.59 Å². The molecule has 2 aromatic heterocycles. The van der Waals surface area contributed by atoms with Gasteiger partial charge in [-0.25, -0.2) is 0 Å². The number of hydrogen-bond donors (Lipinski definition) is 2. The number of fused-ring (bicyclic) bond motifs is 1. The standard InChI is InChI=1S/C25H28ClN5O3S2/c1-4-9-31-20(12-34-18-8-6-16(26)11-15(18)3)29-30-25(31)35-13-21(32)28-24-22(23(27)33)17-7-5-14(2)10-19(17)36-24/h4,6,8,11,14H,1,5,7,9-10,12-13H2,2-3H3,(H2,27,33)(H,28,32). The Morgan fingerprint density at radius 2 is 2.22 bits per heavy atom. The Hall–Kier alpha value is -2.82. The number of ether oxygens (including phenoxy) is 1. The van der Waals surface area contributed by atoms with Gasteiger partial charge in [-0.15, -0.1) is 28.1 Å². The summed E-state index contributed by atoms with van der Waals surface area (Å²) in [5.41, 5.74) is 8.02. The van der Waals surface area contributed by atoms with Crippen LogP contribution in [0.3, 0.4) is 0 Å². The molecule has 0 fully saturated rings. The summed E-state index contributed by atoms with van der Waals surface area (Å²) in [6, 6.07) is 5.42. The van der Waals surface area contributed by atoms with Crippen molar-refractivity contribution in [2.75, 3.05) is 11.1 Å². The summed E-state index contributed by atoms with van der Waals surface area (Å²) in [5.74, 6) is 1.23. The third-order valence-corrected chi connectivity index (χ3v) is 8.31. The number of thioether (sulfide) groups is 1. The molecule has 0 spiro atoms. The van der Waals surface area contributed by atoms with Crippen LogP contribution >= 0.6 is 34.7 Å². The molecular formula is C25H28ClN5O3S2. The second kappa shape index (κ2) is 11.5. The molecule has 11 heteroatoms. The maximum absolute atomic E-state index is 12.8. The Morgan fingerprint density at radius 1 is 1.42 bits per heavy atom. The van der Waals surface area contributed by atoms with Crippen molar-refractivity contribution in [2.45, 2.75) is 51.4 Å². The Kier molecular flexibility index (Phi) is 8.38. The van der Waals surface area contributed by atoms with Crippen LogP contribution in [-0.4, -0.2) is 32.3 Å². The number of nitrogens with two attached hydrogens (primary N) is 1. The van der Waals surface area contributed by atoms with Gasteiger partial charge in [0, 0.05) is 16.4 Å². The van der Waals surface area contributed by atoms with Crippen LogP contribution in [0.5, 0.6) is 5.75 Å². The van der Waals surface area contributed by atoms with Crippen molar-refractivity contribution in [2.24, 2.45) is 11.7 Å². The zero-order valence-corrected chi connectivity index (χ0v) is 22.6. The second-order valence-corrected chi connectivity index (χ2v) is 11.2. The van der Waals surface area contributed by atoms with Gasteiger partial charge in [0.1, 0.15) is 17.4 Å². The molecule has 2 heterocycles. The number of allylic oxidation sites excluding steroid dienone is 1. The van der Waals surface area contributed by atoms with Crippen LogP contribution in [0.25, 0.3) is 0 Å². The summed E-state index contributed by atoms with van der Waals surface area (Å²) >= 11 is 8.73. The Labute approximate surface area is 223 Å². The molecule has 0 aliphatic heterocycles. The SMILES string of the molecule is C=CCn1c(COc2ccc(Cl)cc2C)nnc1SCC(=O)Nc1sc2c(c1C(N)=O)CCC(C)C2. The fourth-order valence-electron chi connectivity index (χ4n) is 4.15. The first-order valence-electron chi connectivity index (χ1n) is 11.6. The number of thiophene rings is 1. The fourth-order valence-corrected chi connectivity index (χ4v) is 6.58. The number of benzene rings is 1. The van der Waals surface area contributed by atoms with Gasteiger partial charge in [-0.05, 0) is 61.4 Å². The topological polar surface area (TPSA) is 112 Å². The van der Waals surface area contributed by atoms with Crippen LogP contribution in [0.2, 0.25) is 5.02 Å². The molecule has 3 aromatic rings. The van der Waals surface area contributed by atoms with Crippen LogP contribution in [0.1, 0.15) is 45.5 Å². The predicted octanol–water partition coefficient (Wildman–Crippen LogP) is 5.02. The Morgan fingerprint density at radius 3 is 2.94 bits per heavy atom. The highest BCUT2D eigenvalue weighted by Gasteiger charge is 2.27. The molecule has 4 rings (SSSR count). The van der Waals surface area contributed by atoms with Gasteiger partial charge in [-0.1, -0.05) is 36.4 Å². The maximum atomic E-state index is 12.8. The van der Waals surface area contributed by atoms with Crippen LogP contribution in [0.15, 0.2) is 36.0 Å². The molecule has 1 aromatic carbocycles. The summed E-state index contributed by atoms with van der Waals surface area (Å²) in [5, 5.41) is 13.1. The monoisotopic (exact) mass is 545 g/mol. The molecule has 1 unspecified atom stereocenters. The van der Waals surface area contributed by atoms with Gasteiger partial charge in [0.15, 0.2) is 11.0 Å². The lowest BCUT2D eigenvalue weighted by molar-refractivity contribution is -0.113. The minimum Gasteiger partial charge on any atom is -0.485 e. The molecule has 0 radical (unpaired) electrons. The van der Waals surface area contributed by atoms with E-state index in [1.165, 1.54) is 23.1 Å². The minimum absolute atomic E-state index is 0.101. The van der Waals surface area contributed by atoms with Crippen LogP contribution in [-0.2, 0) is 30.8 Å². The summed E-state index contributed by atoms with van der Waals surface area (Å²) in [4.78, 5) is 26.1. The van der Waals surface area contributed by atoms with Gasteiger partial charge >= 0.3 is 0 Å². The zero-order chi connectivity index (χ0) is 25.8. The molecular weight excluding hydrogens is 518 g/mol. The normalized spacial score (nSPS) is 14.8. The van der Waals surface area contributed by atoms with Gasteiger partial charge in [0.2, 0.25) is 5.91 Å². The molecule has 0 saturated carbocycles. The summed E-state index contributed by atoms with van der Waals surface area (Å²) in [7, 11) is 0. The molecule has 36 heavy (non-hydrogen) atoms. The zero-order valence-electron chi connectivity index (χ0n) is 20.2. The van der Waals surface area contributed by atoms with Gasteiger partial charge in [0.25, 0.3) is 5.91 Å². The van der Waals surface area contributed by atoms with Gasteiger partial charge in [0.05, 0.1) is 11.3 Å². The number of rotatable bonds is 10. The van der Waals surface area contributed by atoms with E-state index in [0.717, 1.165) is 35.3 Å². The van der Waals surface area contributed by atoms with Crippen LogP contribution < -0.4 is 15.8 Å². The number of halogens is 1. The van der Waals surface area contributed by atoms with Gasteiger partial charge in [-0.2, -0.15) is 0 Å². The highest BCUT2D eigenvalue weighted by molar-refractivity contribution is 7.99. The van der Waals surface area contributed by atoms with Crippen LogP contribution in [0.4, 0.5) is 5.00 Å². The second-order valence-electron chi connectivity index (χ2n) is 8.75. The molecule has 0 bridgehead atoms. The van der Waals surface area contributed by atoms with E-state index in [1.807, 2.05) is 23.6 Å². The minimum atomic E-state index is -0.503. The predicted molar refractivity (Wildman–Crippen MR) is 144 cm³/mol. The number of amides is 2. The molecule has 8 nitrogen and oxygen atoms in total. The van der Waals surface area contributed by atoms with E-state index in [-0.39, 0.29) is 18.3 Å². The van der Waals surface area contributed by atoms with Crippen molar-refractivity contribution in [3.8, 4) is 5.75 Å². The van der Waals surface area contributed by atoms with Crippen molar-refractivity contribution >= 4 is 51.5 Å². The third kappa shape index (κ3) is 5.93. The molecule has 2 amide bonds. The maximum Gasteiger partial charge on any atom is 0.251 e. The average Bonchev–Trinajstić information content (AvgIpc) is 3.37. The lowest BCUT2D eigenvalue weighted by Gasteiger charge is -2.18. The summed E-state index contributed by atoms with van der Waals surface area (Å²) in [6.45, 7) is 8.60. The fraction of sp³-hybridized carbons (Fsp3) is 0.360. The average molecular weight is 546 g/mol. The van der Waals surface area contributed by atoms with Crippen molar-refractivity contribution in [1.82, 2.24) is 14.8 Å². The number of carbonyl (C=O) groups is 2. The molecule has 1 aliphatic carbocycles. The number of anilines is 1. The molecule has 1 atom stereocenters. The number of nitrogens with zero attached hydrogens (tertiary/aromatic N) is 3. The summed E-state index contributed by atoms with van der Waals surface area (Å²) in [6.07, 6.45) is 4.45. The van der Waals surface area contributed by atoms with Gasteiger partial charge in [-0.3, -0.25) is 14.2 Å². The summed E-state index contributed by atoms with van der Waals surface area (Å²) < 4.78 is 7.78. The van der Waals surface area contributed by atoms with Crippen molar-refractivity contribution in [3.05, 3.63) is 63.3 Å². The molecule has 0 saturated heterocycles. The Bertz CT molecular complexity index is 1300. The highest BCUT2D eigenvalue weighted by atomic mass is 35.5. The number of aryl methyl sites for hydroxylation is 1. The lowest BCUT2D eigenvalue weighted by atomic mass is 9.88. The number of hydrogen-bond acceptors (Lipinski definition) is 7. The number of primary amides is 1. The first-order chi connectivity index (χ1) is 17.3. The smallest absolute Gasteiger partial charge is 0.251 e. The van der Waals surface area contributed by atoms with Gasteiger partial charge < -0.3 is 15.8 Å². The number of nitrogens with one attached hydrogen (secondary N) is 1. The quantitative estimate of drug-likeness (QED) is 0.273. The molecule has 3 N–H and O–H groups in total. The van der Waals surface area contributed by atoms with E-state index in [0.29, 0.717) is 44.8 Å².